The first-order valence-electron chi connectivity index (χ1n) is 7.49. The highest BCUT2D eigenvalue weighted by molar-refractivity contribution is 5.87. The van der Waals surface area contributed by atoms with Crippen molar-refractivity contribution in [1.82, 2.24) is 5.32 Å². The van der Waals surface area contributed by atoms with Gasteiger partial charge in [0, 0.05) is 13.2 Å². The van der Waals surface area contributed by atoms with E-state index in [0.29, 0.717) is 13.0 Å². The number of benzene rings is 1. The highest BCUT2D eigenvalue weighted by Crippen LogP contribution is 2.39. The third-order valence-electron chi connectivity index (χ3n) is 4.62. The van der Waals surface area contributed by atoms with E-state index in [1.54, 1.807) is 7.11 Å². The first-order valence-corrected chi connectivity index (χ1v) is 7.49. The Morgan fingerprint density at radius 1 is 1.57 bits per heavy atom. The van der Waals surface area contributed by atoms with Crippen molar-refractivity contribution < 1.29 is 14.3 Å². The summed E-state index contributed by atoms with van der Waals surface area (Å²) in [6.45, 7) is 1.46. The van der Waals surface area contributed by atoms with Crippen molar-refractivity contribution in [3.8, 4) is 5.75 Å². The molecule has 1 amide bonds. The first kappa shape index (κ1) is 14.4. The standard InChI is InChI=1S/C16H22N2O3/c1-20-12-5-4-11-6-7-16(15(17)19,14(11)9-12)18-10-13-3-2-8-21-13/h4-5,9,13,18H,2-3,6-8,10H2,1H3,(H2,17,19). The first-order chi connectivity index (χ1) is 10.2. The quantitative estimate of drug-likeness (QED) is 0.851. The number of nitrogens with one attached hydrogen (secondary N) is 1. The number of carbonyl (C=O) groups excluding carboxylic acids is 1. The topological polar surface area (TPSA) is 73.6 Å². The maximum Gasteiger partial charge on any atom is 0.242 e. The van der Waals surface area contributed by atoms with Gasteiger partial charge in [-0.1, -0.05) is 6.07 Å². The van der Waals surface area contributed by atoms with Crippen LogP contribution in [0.4, 0.5) is 0 Å². The van der Waals surface area contributed by atoms with Crippen molar-refractivity contribution in [2.75, 3.05) is 20.3 Å². The van der Waals surface area contributed by atoms with E-state index < -0.39 is 5.54 Å². The Kier molecular flexibility index (Phi) is 3.87. The molecule has 0 aromatic heterocycles. The summed E-state index contributed by atoms with van der Waals surface area (Å²) in [6.07, 6.45) is 3.83. The molecule has 21 heavy (non-hydrogen) atoms. The van der Waals surface area contributed by atoms with E-state index in [0.717, 1.165) is 42.7 Å². The van der Waals surface area contributed by atoms with Gasteiger partial charge in [-0.3, -0.25) is 10.1 Å². The van der Waals surface area contributed by atoms with E-state index in [4.69, 9.17) is 15.2 Å². The zero-order chi connectivity index (χ0) is 14.9. The van der Waals surface area contributed by atoms with Crippen molar-refractivity contribution in [2.24, 2.45) is 5.73 Å². The van der Waals surface area contributed by atoms with E-state index in [9.17, 15) is 4.79 Å². The van der Waals surface area contributed by atoms with Crippen LogP contribution in [0.3, 0.4) is 0 Å². The number of amides is 1. The molecule has 2 unspecified atom stereocenters. The van der Waals surface area contributed by atoms with E-state index in [2.05, 4.69) is 5.32 Å². The molecule has 1 aromatic carbocycles. The Morgan fingerprint density at radius 2 is 2.43 bits per heavy atom. The summed E-state index contributed by atoms with van der Waals surface area (Å²) in [7, 11) is 1.63. The third-order valence-corrected chi connectivity index (χ3v) is 4.62. The van der Waals surface area contributed by atoms with Gasteiger partial charge >= 0.3 is 0 Å². The van der Waals surface area contributed by atoms with Crippen molar-refractivity contribution in [1.29, 1.82) is 0 Å². The highest BCUT2D eigenvalue weighted by atomic mass is 16.5. The van der Waals surface area contributed by atoms with Crippen molar-refractivity contribution >= 4 is 5.91 Å². The van der Waals surface area contributed by atoms with E-state index in [1.807, 2.05) is 18.2 Å². The Balaban J connectivity index is 1.87. The van der Waals surface area contributed by atoms with Gasteiger partial charge in [0.1, 0.15) is 11.3 Å². The second-order valence-electron chi connectivity index (χ2n) is 5.81. The largest absolute Gasteiger partial charge is 0.497 e. The van der Waals surface area contributed by atoms with Crippen LogP contribution in [0.5, 0.6) is 5.75 Å². The molecule has 2 atom stereocenters. The van der Waals surface area contributed by atoms with Gasteiger partial charge in [-0.05, 0) is 48.9 Å². The minimum Gasteiger partial charge on any atom is -0.497 e. The third kappa shape index (κ3) is 2.51. The maximum atomic E-state index is 12.2. The van der Waals surface area contributed by atoms with Gasteiger partial charge in [0.05, 0.1) is 13.2 Å². The van der Waals surface area contributed by atoms with Crippen LogP contribution in [0.2, 0.25) is 0 Å². The van der Waals surface area contributed by atoms with Gasteiger partial charge in [-0.2, -0.15) is 0 Å². The van der Waals surface area contributed by atoms with E-state index in [1.165, 1.54) is 0 Å². The Morgan fingerprint density at radius 3 is 3.10 bits per heavy atom. The molecule has 5 heteroatoms. The number of ether oxygens (including phenoxy) is 2. The van der Waals surface area contributed by atoms with Crippen LogP contribution in [0.1, 0.15) is 30.4 Å². The van der Waals surface area contributed by atoms with Gasteiger partial charge in [0.2, 0.25) is 5.91 Å². The lowest BCUT2D eigenvalue weighted by Gasteiger charge is -2.30. The summed E-state index contributed by atoms with van der Waals surface area (Å²) in [4.78, 5) is 12.2. The van der Waals surface area contributed by atoms with Crippen LogP contribution in [-0.2, 0) is 21.5 Å². The summed E-state index contributed by atoms with van der Waals surface area (Å²) >= 11 is 0. The number of primary amides is 1. The van der Waals surface area contributed by atoms with Gasteiger partial charge in [0.25, 0.3) is 0 Å². The monoisotopic (exact) mass is 290 g/mol. The number of aryl methyl sites for hydroxylation is 1. The number of rotatable bonds is 5. The molecule has 0 saturated carbocycles. The lowest BCUT2D eigenvalue weighted by Crippen LogP contribution is -2.53. The van der Waals surface area contributed by atoms with Crippen molar-refractivity contribution in [3.63, 3.8) is 0 Å². The fourth-order valence-electron chi connectivity index (χ4n) is 3.37. The molecule has 3 rings (SSSR count). The van der Waals surface area contributed by atoms with Crippen LogP contribution in [0, 0.1) is 0 Å². The normalized spacial score (nSPS) is 27.6. The van der Waals surface area contributed by atoms with Gasteiger partial charge < -0.3 is 15.2 Å². The molecule has 1 aromatic rings. The van der Waals surface area contributed by atoms with Crippen LogP contribution < -0.4 is 15.8 Å². The number of nitrogens with two attached hydrogens (primary N) is 1. The molecule has 1 fully saturated rings. The predicted molar refractivity (Wildman–Crippen MR) is 79.2 cm³/mol. The highest BCUT2D eigenvalue weighted by Gasteiger charge is 2.44. The Bertz CT molecular complexity index is 540. The molecule has 1 aliphatic heterocycles. The summed E-state index contributed by atoms with van der Waals surface area (Å²) in [5, 5.41) is 3.39. The maximum absolute atomic E-state index is 12.2. The number of hydrogen-bond acceptors (Lipinski definition) is 4. The molecule has 2 aliphatic rings. The van der Waals surface area contributed by atoms with E-state index in [-0.39, 0.29) is 12.0 Å². The fourth-order valence-corrected chi connectivity index (χ4v) is 3.37. The van der Waals surface area contributed by atoms with Crippen LogP contribution in [0.15, 0.2) is 18.2 Å². The van der Waals surface area contributed by atoms with Crippen molar-refractivity contribution in [2.45, 2.75) is 37.3 Å². The lowest BCUT2D eigenvalue weighted by atomic mass is 9.90. The summed E-state index contributed by atoms with van der Waals surface area (Å²) in [5.41, 5.74) is 7.06. The molecule has 3 N–H and O–H groups in total. The van der Waals surface area contributed by atoms with Gasteiger partial charge in [0.15, 0.2) is 0 Å². The molecular weight excluding hydrogens is 268 g/mol. The molecular formula is C16H22N2O3. The minimum absolute atomic E-state index is 0.177. The summed E-state index contributed by atoms with van der Waals surface area (Å²) < 4.78 is 10.9. The minimum atomic E-state index is -0.796. The summed E-state index contributed by atoms with van der Waals surface area (Å²) in [6, 6.07) is 5.87. The molecule has 1 saturated heterocycles. The predicted octanol–water partition coefficient (Wildman–Crippen LogP) is 1.09. The molecule has 0 spiro atoms. The lowest BCUT2D eigenvalue weighted by molar-refractivity contribution is -0.125. The number of fused-ring (bicyclic) bond motifs is 1. The average molecular weight is 290 g/mol. The molecule has 1 heterocycles. The molecule has 114 valence electrons. The fraction of sp³-hybridized carbons (Fsp3) is 0.562. The summed E-state index contributed by atoms with van der Waals surface area (Å²) in [5.74, 6) is 0.424. The molecule has 1 aliphatic carbocycles. The Labute approximate surface area is 124 Å². The van der Waals surface area contributed by atoms with Gasteiger partial charge in [-0.15, -0.1) is 0 Å². The molecule has 5 nitrogen and oxygen atoms in total. The number of carbonyl (C=O) groups is 1. The zero-order valence-corrected chi connectivity index (χ0v) is 12.4. The van der Waals surface area contributed by atoms with Crippen LogP contribution >= 0.6 is 0 Å². The molecule has 0 radical (unpaired) electrons. The zero-order valence-electron chi connectivity index (χ0n) is 12.4. The average Bonchev–Trinajstić information content (AvgIpc) is 3.12. The second kappa shape index (κ2) is 5.66. The van der Waals surface area contributed by atoms with E-state index >= 15 is 0 Å². The van der Waals surface area contributed by atoms with Crippen LogP contribution in [0.25, 0.3) is 0 Å². The van der Waals surface area contributed by atoms with Gasteiger partial charge in [-0.25, -0.2) is 0 Å². The number of hydrogen-bond donors (Lipinski definition) is 2. The molecule has 0 bridgehead atoms. The smallest absolute Gasteiger partial charge is 0.242 e. The van der Waals surface area contributed by atoms with Crippen LogP contribution in [-0.4, -0.2) is 32.3 Å². The van der Waals surface area contributed by atoms with Crippen molar-refractivity contribution in [3.05, 3.63) is 29.3 Å². The number of methoxy groups -OCH3 is 1. The Hall–Kier alpha value is -1.59. The SMILES string of the molecule is COc1ccc2c(c1)C(NCC1CCCO1)(C(N)=O)CC2. The second-order valence-corrected chi connectivity index (χ2v) is 5.81.